The number of fused-ring (bicyclic) bond motifs is 1. The number of piperidine rings is 1. The summed E-state index contributed by atoms with van der Waals surface area (Å²) in [6.45, 7) is 1.70. The van der Waals surface area contributed by atoms with E-state index in [0.717, 1.165) is 10.9 Å². The number of rotatable bonds is 1. The van der Waals surface area contributed by atoms with Crippen LogP contribution in [0.2, 0.25) is 11.0 Å². The third-order valence-electron chi connectivity index (χ3n) is 6.41. The Bertz CT molecular complexity index is 1080. The zero-order valence-corrected chi connectivity index (χ0v) is 16.9. The maximum Gasteiger partial charge on any atom is 0.263 e. The van der Waals surface area contributed by atoms with Crippen molar-refractivity contribution in [1.82, 2.24) is 14.9 Å². The van der Waals surface area contributed by atoms with Gasteiger partial charge in [0.15, 0.2) is 0 Å². The van der Waals surface area contributed by atoms with E-state index in [1.807, 2.05) is 29.6 Å². The van der Waals surface area contributed by atoms with Crippen LogP contribution in [0.5, 0.6) is 0 Å². The molecule has 7 nitrogen and oxygen atoms in total. The molecule has 3 rings (SSSR count). The summed E-state index contributed by atoms with van der Waals surface area (Å²) < 4.78 is 1.40. The summed E-state index contributed by atoms with van der Waals surface area (Å²) in [6, 6.07) is 1.90. The van der Waals surface area contributed by atoms with E-state index in [0.29, 0.717) is 22.4 Å². The average molecular weight is 357 g/mol. The largest absolute Gasteiger partial charge is 0.398 e. The number of imide groups is 1. The van der Waals surface area contributed by atoms with Crippen molar-refractivity contribution < 1.29 is 9.59 Å². The van der Waals surface area contributed by atoms with Crippen LogP contribution in [0, 0.1) is 6.92 Å². The van der Waals surface area contributed by atoms with Gasteiger partial charge in [-0.3, -0.25) is 24.3 Å². The molecular weight excluding hydrogens is 337 g/mol. The lowest BCUT2D eigenvalue weighted by atomic mass is 9.35. The van der Waals surface area contributed by atoms with Gasteiger partial charge in [0.05, 0.1) is 16.3 Å². The number of aromatic nitrogens is 2. The molecule has 0 aliphatic carbocycles. The molecule has 0 radical (unpaired) electrons. The van der Waals surface area contributed by atoms with Crippen molar-refractivity contribution in [2.24, 2.45) is 0 Å². The van der Waals surface area contributed by atoms with Crippen molar-refractivity contribution in [3.8, 4) is 0 Å². The molecule has 0 spiro atoms. The first-order valence-electron chi connectivity index (χ1n) is 9.00. The number of benzene rings is 1. The van der Waals surface area contributed by atoms with Crippen LogP contribution in [0.15, 0.2) is 10.9 Å². The number of nitrogens with two attached hydrogens (primary N) is 1. The van der Waals surface area contributed by atoms with Crippen molar-refractivity contribution in [1.29, 1.82) is 0 Å². The van der Waals surface area contributed by atoms with Gasteiger partial charge in [0.1, 0.15) is 52.9 Å². The van der Waals surface area contributed by atoms with E-state index in [4.69, 9.17) is 5.73 Å². The maximum atomic E-state index is 13.5. The Hall–Kier alpha value is -2.31. The highest BCUT2D eigenvalue weighted by Gasteiger charge is 2.55. The molecule has 1 aliphatic heterocycles. The predicted octanol–water partition coefficient (Wildman–Crippen LogP) is -7.45. The lowest BCUT2D eigenvalue weighted by Crippen LogP contribution is -2.66. The number of hydrogen-bond acceptors (Lipinski definition) is 5. The van der Waals surface area contributed by atoms with Gasteiger partial charge >= 0.3 is 0 Å². The Morgan fingerprint density at radius 2 is 1.74 bits per heavy atom. The Kier molecular flexibility index (Phi) is 4.21. The zero-order chi connectivity index (χ0) is 20.5. The van der Waals surface area contributed by atoms with E-state index in [-0.39, 0.29) is 11.5 Å². The molecule has 0 bridgehead atoms. The smallest absolute Gasteiger partial charge is 0.263 e. The summed E-state index contributed by atoms with van der Waals surface area (Å²) in [5.74, 6) is -0.876. The number of carbonyl (C=O) groups is 2. The number of anilines is 1. The number of nitrogens with one attached hydrogen (secondary N) is 1. The minimum Gasteiger partial charge on any atom is -0.398 e. The van der Waals surface area contributed by atoms with Gasteiger partial charge in [-0.1, -0.05) is 17.0 Å². The summed E-state index contributed by atoms with van der Waals surface area (Å²) >= 11 is 0. The number of carbonyl (C=O) groups excluding carboxylic acids is 2. The molecule has 0 saturated carbocycles. The Balaban J connectivity index is 2.44. The highest BCUT2D eigenvalue weighted by molar-refractivity contribution is 6.57. The third-order valence-corrected chi connectivity index (χ3v) is 6.41. The van der Waals surface area contributed by atoms with Crippen LogP contribution in [0.3, 0.4) is 0 Å². The topological polar surface area (TPSA) is 107 Å². The lowest BCUT2D eigenvalue weighted by molar-refractivity contribution is -0.138. The third kappa shape index (κ3) is 2.43. The SMILES string of the molecule is Bc1cc(B)c2nc(C)n(C3(B)C(=O)NC(=O)C(B)(B)C3B)c(=O)c2c1N. The second kappa shape index (κ2) is 5.84. The van der Waals surface area contributed by atoms with Gasteiger partial charge in [0.25, 0.3) is 5.56 Å². The average Bonchev–Trinajstić information content (AvgIpc) is 2.57. The van der Waals surface area contributed by atoms with E-state index in [1.54, 1.807) is 30.5 Å². The van der Waals surface area contributed by atoms with Crippen molar-refractivity contribution >= 4 is 86.4 Å². The molecule has 27 heavy (non-hydrogen) atoms. The summed E-state index contributed by atoms with van der Waals surface area (Å²) in [6.07, 6.45) is 0. The quantitative estimate of drug-likeness (QED) is 0.300. The van der Waals surface area contributed by atoms with Crippen LogP contribution in [-0.4, -0.2) is 68.4 Å². The van der Waals surface area contributed by atoms with E-state index in [1.165, 1.54) is 4.57 Å². The van der Waals surface area contributed by atoms with Crippen molar-refractivity contribution in [2.45, 2.75) is 23.4 Å². The molecule has 2 atom stereocenters. The normalized spacial score (nSPS) is 24.7. The first-order chi connectivity index (χ1) is 12.3. The molecule has 132 valence electrons. The maximum absolute atomic E-state index is 13.5. The van der Waals surface area contributed by atoms with Gasteiger partial charge in [-0.2, -0.15) is 0 Å². The summed E-state index contributed by atoms with van der Waals surface area (Å²) in [5.41, 5.74) is 7.13. The zero-order valence-electron chi connectivity index (χ0n) is 16.9. The number of amides is 2. The molecule has 1 aromatic heterocycles. The van der Waals surface area contributed by atoms with Crippen molar-refractivity contribution in [3.05, 3.63) is 22.2 Å². The van der Waals surface area contributed by atoms with Crippen LogP contribution >= 0.6 is 0 Å². The molecule has 2 unspecified atom stereocenters. The summed E-state index contributed by atoms with van der Waals surface area (Å²) in [5, 5.41) is 1.91. The highest BCUT2D eigenvalue weighted by Crippen LogP contribution is 2.45. The van der Waals surface area contributed by atoms with Gasteiger partial charge in [-0.05, 0) is 18.0 Å². The van der Waals surface area contributed by atoms with Crippen LogP contribution in [-0.2, 0) is 15.0 Å². The van der Waals surface area contributed by atoms with Gasteiger partial charge in [0, 0.05) is 5.69 Å². The fourth-order valence-electron chi connectivity index (χ4n) is 4.15. The first kappa shape index (κ1) is 19.5. The summed E-state index contributed by atoms with van der Waals surface area (Å²) in [4.78, 5) is 43.4. The number of aryl methyl sites for hydroxylation is 1. The van der Waals surface area contributed by atoms with Crippen LogP contribution in [0.4, 0.5) is 5.69 Å². The van der Waals surface area contributed by atoms with E-state index in [9.17, 15) is 14.4 Å². The number of hydrogen-bond donors (Lipinski definition) is 2. The molecule has 1 fully saturated rings. The van der Waals surface area contributed by atoms with E-state index in [2.05, 4.69) is 10.3 Å². The van der Waals surface area contributed by atoms with E-state index >= 15 is 0 Å². The summed E-state index contributed by atoms with van der Waals surface area (Å²) in [7, 11) is 10.8. The molecule has 13 heteroatoms. The van der Waals surface area contributed by atoms with Gasteiger partial charge < -0.3 is 5.73 Å². The van der Waals surface area contributed by atoms with Crippen LogP contribution in [0.25, 0.3) is 10.9 Å². The minimum absolute atomic E-state index is 0.314. The van der Waals surface area contributed by atoms with Crippen molar-refractivity contribution in [3.63, 3.8) is 0 Å². The minimum atomic E-state index is -1.27. The fraction of sp³-hybridized carbons (Fsp3) is 0.286. The molecule has 1 aromatic carbocycles. The molecule has 3 N–H and O–H groups in total. The second-order valence-corrected chi connectivity index (χ2v) is 8.32. The Morgan fingerprint density at radius 3 is 2.33 bits per heavy atom. The Morgan fingerprint density at radius 1 is 1.15 bits per heavy atom. The molecular formula is C14H20B6N4O3. The Labute approximate surface area is 162 Å². The number of nitrogen functional groups attached to an aromatic ring is 1. The molecule has 2 aromatic rings. The lowest BCUT2D eigenvalue weighted by Gasteiger charge is -2.48. The second-order valence-electron chi connectivity index (χ2n) is 8.32. The molecule has 2 amide bonds. The van der Waals surface area contributed by atoms with E-state index < -0.39 is 22.4 Å². The number of nitrogens with zero attached hydrogens (tertiary/aromatic N) is 2. The highest BCUT2D eigenvalue weighted by atomic mass is 16.2. The molecule has 2 heterocycles. The standard InChI is InChI=1S/C14H20B6N4O3/c1-3-22-8-5(16)2-4(15)7(21)6(8)9(25)24(3)14(20)10(17)13(18,19)11(26)23-12(14)27/h2,10H,15-21H2,1H3,(H,23,26,27). The van der Waals surface area contributed by atoms with Gasteiger partial charge in [-0.25, -0.2) is 4.98 Å². The molecule has 1 saturated heterocycles. The molecule has 1 aliphatic rings. The monoisotopic (exact) mass is 358 g/mol. The van der Waals surface area contributed by atoms with Crippen molar-refractivity contribution in [2.75, 3.05) is 5.73 Å². The first-order valence-corrected chi connectivity index (χ1v) is 9.00. The van der Waals surface area contributed by atoms with Crippen LogP contribution < -0.4 is 27.5 Å². The van der Waals surface area contributed by atoms with Gasteiger partial charge in [-0.15, -0.1) is 0 Å². The van der Waals surface area contributed by atoms with Crippen LogP contribution in [0.1, 0.15) is 5.82 Å². The van der Waals surface area contributed by atoms with Gasteiger partial charge in [0.2, 0.25) is 11.8 Å². The predicted molar refractivity (Wildman–Crippen MR) is 123 cm³/mol. The fourth-order valence-corrected chi connectivity index (χ4v) is 4.15.